The van der Waals surface area contributed by atoms with Gasteiger partial charge in [-0.3, -0.25) is 0 Å². The van der Waals surface area contributed by atoms with Gasteiger partial charge in [-0.05, 0) is 74.2 Å². The van der Waals surface area contributed by atoms with E-state index in [1.54, 1.807) is 60.7 Å². The lowest BCUT2D eigenvalue weighted by Crippen LogP contribution is -2.12. The molecule has 0 aromatic heterocycles. The van der Waals surface area contributed by atoms with Crippen molar-refractivity contribution < 1.29 is 23.8 Å². The normalized spacial score (nSPS) is 15.0. The third-order valence-electron chi connectivity index (χ3n) is 4.86. The molecule has 2 aromatic carbocycles. The van der Waals surface area contributed by atoms with E-state index in [9.17, 15) is 9.59 Å². The zero-order valence-corrected chi connectivity index (χ0v) is 17.0. The summed E-state index contributed by atoms with van der Waals surface area (Å²) in [4.78, 5) is 24.3. The Kier molecular flexibility index (Phi) is 6.43. The van der Waals surface area contributed by atoms with E-state index in [0.717, 1.165) is 12.8 Å². The summed E-state index contributed by atoms with van der Waals surface area (Å²) in [6, 6.07) is 13.7. The molecular formula is C26H22O5. The maximum atomic E-state index is 12.2. The molecule has 0 bridgehead atoms. The fraction of sp³-hybridized carbons (Fsp3) is 0.154. The summed E-state index contributed by atoms with van der Waals surface area (Å²) in [5, 5.41) is 0. The average Bonchev–Trinajstić information content (AvgIpc) is 2.82. The summed E-state index contributed by atoms with van der Waals surface area (Å²) in [5.41, 5.74) is 1.33. The standard InChI is InChI=1S/C26H22O5/c27-25(19-7-3-1-4-8-19)30-23-15-11-21(12-16-23)29-22-13-17-24(18-14-22)31-26(28)20-9-5-2-6-10-20/h1-3,5,7,9,11-18H,4,6,8,10H2. The molecule has 4 rings (SSSR count). The van der Waals surface area contributed by atoms with E-state index in [4.69, 9.17) is 14.2 Å². The van der Waals surface area contributed by atoms with Gasteiger partial charge in [0.2, 0.25) is 0 Å². The van der Waals surface area contributed by atoms with Crippen LogP contribution in [0.3, 0.4) is 0 Å². The van der Waals surface area contributed by atoms with Crippen molar-refractivity contribution in [1.82, 2.24) is 0 Å². The van der Waals surface area contributed by atoms with Crippen LogP contribution >= 0.6 is 0 Å². The zero-order chi connectivity index (χ0) is 21.5. The van der Waals surface area contributed by atoms with Gasteiger partial charge in [-0.1, -0.05) is 36.5 Å². The number of ether oxygens (including phenoxy) is 3. The monoisotopic (exact) mass is 414 g/mol. The van der Waals surface area contributed by atoms with Gasteiger partial charge in [0.1, 0.15) is 23.0 Å². The summed E-state index contributed by atoms with van der Waals surface area (Å²) in [7, 11) is 0. The fourth-order valence-electron chi connectivity index (χ4n) is 3.18. The molecule has 5 heteroatoms. The molecule has 2 aromatic rings. The first-order valence-corrected chi connectivity index (χ1v) is 10.2. The third kappa shape index (κ3) is 5.60. The Labute approximate surface area is 180 Å². The predicted molar refractivity (Wildman–Crippen MR) is 117 cm³/mol. The molecule has 0 N–H and O–H groups in total. The molecule has 0 radical (unpaired) electrons. The molecule has 0 saturated heterocycles. The molecule has 0 heterocycles. The van der Waals surface area contributed by atoms with E-state index in [2.05, 4.69) is 0 Å². The van der Waals surface area contributed by atoms with Gasteiger partial charge in [-0.25, -0.2) is 9.59 Å². The molecule has 0 fully saturated rings. The van der Waals surface area contributed by atoms with Gasteiger partial charge in [0.15, 0.2) is 0 Å². The van der Waals surface area contributed by atoms with Crippen LogP contribution < -0.4 is 14.2 Å². The quantitative estimate of drug-likeness (QED) is 0.439. The van der Waals surface area contributed by atoms with Crippen LogP contribution in [0, 0.1) is 0 Å². The largest absolute Gasteiger partial charge is 0.457 e. The van der Waals surface area contributed by atoms with Crippen LogP contribution in [-0.2, 0) is 9.59 Å². The first-order valence-electron chi connectivity index (χ1n) is 10.2. The second-order valence-corrected chi connectivity index (χ2v) is 7.14. The third-order valence-corrected chi connectivity index (χ3v) is 4.86. The second kappa shape index (κ2) is 9.76. The minimum atomic E-state index is -0.330. The van der Waals surface area contributed by atoms with Crippen LogP contribution in [0.4, 0.5) is 0 Å². The minimum absolute atomic E-state index is 0.330. The topological polar surface area (TPSA) is 61.8 Å². The first kappa shape index (κ1) is 20.4. The lowest BCUT2D eigenvalue weighted by Gasteiger charge is -2.11. The molecule has 0 atom stereocenters. The van der Waals surface area contributed by atoms with E-state index >= 15 is 0 Å². The van der Waals surface area contributed by atoms with Crippen molar-refractivity contribution in [3.8, 4) is 23.0 Å². The van der Waals surface area contributed by atoms with Crippen molar-refractivity contribution in [3.63, 3.8) is 0 Å². The molecule has 0 spiro atoms. The van der Waals surface area contributed by atoms with Crippen molar-refractivity contribution >= 4 is 11.9 Å². The smallest absolute Gasteiger partial charge is 0.339 e. The van der Waals surface area contributed by atoms with E-state index in [1.807, 2.05) is 24.3 Å². The van der Waals surface area contributed by atoms with Crippen LogP contribution in [0.25, 0.3) is 0 Å². The lowest BCUT2D eigenvalue weighted by molar-refractivity contribution is -0.131. The number of allylic oxidation sites excluding steroid dienone is 6. The maximum Gasteiger partial charge on any atom is 0.339 e. The van der Waals surface area contributed by atoms with E-state index in [-0.39, 0.29) is 11.9 Å². The molecule has 156 valence electrons. The molecule has 0 aliphatic heterocycles. The van der Waals surface area contributed by atoms with Gasteiger partial charge in [0.05, 0.1) is 0 Å². The fourth-order valence-corrected chi connectivity index (χ4v) is 3.18. The Balaban J connectivity index is 1.31. The van der Waals surface area contributed by atoms with Crippen molar-refractivity contribution in [2.24, 2.45) is 0 Å². The van der Waals surface area contributed by atoms with Gasteiger partial charge in [0.25, 0.3) is 0 Å². The predicted octanol–water partition coefficient (Wildman–Crippen LogP) is 5.84. The van der Waals surface area contributed by atoms with E-state index in [0.29, 0.717) is 47.0 Å². The maximum absolute atomic E-state index is 12.2. The van der Waals surface area contributed by atoms with Crippen LogP contribution in [-0.4, -0.2) is 11.9 Å². The molecule has 2 aliphatic rings. The Morgan fingerprint density at radius 1 is 0.581 bits per heavy atom. The van der Waals surface area contributed by atoms with Crippen LogP contribution in [0.2, 0.25) is 0 Å². The number of benzene rings is 2. The average molecular weight is 414 g/mol. The van der Waals surface area contributed by atoms with Gasteiger partial charge >= 0.3 is 11.9 Å². The summed E-state index contributed by atoms with van der Waals surface area (Å²) in [6.45, 7) is 0. The van der Waals surface area contributed by atoms with Gasteiger partial charge in [-0.2, -0.15) is 0 Å². The Morgan fingerprint density at radius 2 is 0.968 bits per heavy atom. The van der Waals surface area contributed by atoms with Gasteiger partial charge in [0, 0.05) is 11.1 Å². The van der Waals surface area contributed by atoms with Crippen LogP contribution in [0.1, 0.15) is 25.7 Å². The summed E-state index contributed by atoms with van der Waals surface area (Å²) < 4.78 is 16.6. The number of rotatable bonds is 6. The molecule has 5 nitrogen and oxygen atoms in total. The number of carbonyl (C=O) groups excluding carboxylic acids is 2. The molecule has 0 saturated carbocycles. The summed E-state index contributed by atoms with van der Waals surface area (Å²) >= 11 is 0. The number of hydrogen-bond donors (Lipinski definition) is 0. The van der Waals surface area contributed by atoms with Crippen molar-refractivity contribution in [1.29, 1.82) is 0 Å². The Morgan fingerprint density at radius 3 is 1.32 bits per heavy atom. The van der Waals surface area contributed by atoms with Gasteiger partial charge in [-0.15, -0.1) is 0 Å². The number of hydrogen-bond acceptors (Lipinski definition) is 5. The van der Waals surface area contributed by atoms with Crippen molar-refractivity contribution in [2.75, 3.05) is 0 Å². The highest BCUT2D eigenvalue weighted by Gasteiger charge is 2.14. The molecule has 31 heavy (non-hydrogen) atoms. The van der Waals surface area contributed by atoms with Gasteiger partial charge < -0.3 is 14.2 Å². The minimum Gasteiger partial charge on any atom is -0.457 e. The number of esters is 2. The zero-order valence-electron chi connectivity index (χ0n) is 17.0. The highest BCUT2D eigenvalue weighted by molar-refractivity contribution is 5.91. The first-order chi connectivity index (χ1) is 15.2. The summed E-state index contributed by atoms with van der Waals surface area (Å²) in [5.74, 6) is 1.46. The second-order valence-electron chi connectivity index (χ2n) is 7.14. The van der Waals surface area contributed by atoms with Crippen LogP contribution in [0.5, 0.6) is 23.0 Å². The highest BCUT2D eigenvalue weighted by atomic mass is 16.5. The lowest BCUT2D eigenvalue weighted by atomic mass is 10.1. The van der Waals surface area contributed by atoms with Crippen LogP contribution in [0.15, 0.2) is 96.1 Å². The van der Waals surface area contributed by atoms with Crippen molar-refractivity contribution in [2.45, 2.75) is 25.7 Å². The molecule has 0 unspecified atom stereocenters. The molecular weight excluding hydrogens is 392 g/mol. The van der Waals surface area contributed by atoms with Crippen molar-refractivity contribution in [3.05, 3.63) is 96.1 Å². The summed E-state index contributed by atoms with van der Waals surface area (Å²) in [6.07, 6.45) is 14.4. The van der Waals surface area contributed by atoms with E-state index < -0.39 is 0 Å². The SMILES string of the molecule is O=C(Oc1ccc(Oc2ccc(OC(=O)C3=CC=CCC3)cc2)cc1)C1=CC=CCC1. The highest BCUT2D eigenvalue weighted by Crippen LogP contribution is 2.27. The molecule has 0 amide bonds. The van der Waals surface area contributed by atoms with E-state index in [1.165, 1.54) is 0 Å². The Bertz CT molecular complexity index is 982. The molecule has 2 aliphatic carbocycles. The Hall–Kier alpha value is -3.86. The number of carbonyl (C=O) groups is 2.